The molecule has 0 radical (unpaired) electrons. The lowest BCUT2D eigenvalue weighted by molar-refractivity contribution is 0.261. The molecular formula is C27H30BF4N2O2P. The topological polar surface area (TPSA) is 38.5 Å². The molecule has 0 saturated heterocycles. The molecule has 196 valence electrons. The summed E-state index contributed by atoms with van der Waals surface area (Å²) in [4.78, 5) is 7.28. The average molecular weight is 532 g/mol. The van der Waals surface area contributed by atoms with Gasteiger partial charge < -0.3 is 31.3 Å². The average Bonchev–Trinajstić information content (AvgIpc) is 3.30. The van der Waals surface area contributed by atoms with Crippen molar-refractivity contribution in [3.63, 3.8) is 0 Å². The van der Waals surface area contributed by atoms with Gasteiger partial charge in [-0.15, -0.1) is 0 Å². The second-order valence-corrected chi connectivity index (χ2v) is 11.2. The molecule has 0 saturated carbocycles. The van der Waals surface area contributed by atoms with E-state index >= 15 is 0 Å². The molecule has 0 N–H and O–H groups in total. The summed E-state index contributed by atoms with van der Waals surface area (Å²) in [6.07, 6.45) is 0. The molecule has 0 aliphatic carbocycles. The van der Waals surface area contributed by atoms with E-state index in [1.54, 1.807) is 0 Å². The van der Waals surface area contributed by atoms with Gasteiger partial charge in [0.1, 0.15) is 15.9 Å². The monoisotopic (exact) mass is 532 g/mol. The fourth-order valence-electron chi connectivity index (χ4n) is 4.12. The zero-order chi connectivity index (χ0) is 26.9. The Bertz CT molecular complexity index is 1120. The third kappa shape index (κ3) is 6.72. The summed E-state index contributed by atoms with van der Waals surface area (Å²) in [6, 6.07) is 32.6. The van der Waals surface area contributed by atoms with Crippen LogP contribution in [0.5, 0.6) is 5.95 Å². The lowest BCUT2D eigenvalue weighted by Gasteiger charge is -2.25. The van der Waals surface area contributed by atoms with E-state index in [-0.39, 0.29) is 0 Å². The van der Waals surface area contributed by atoms with Gasteiger partial charge in [0.15, 0.2) is 7.26 Å². The third-order valence-electron chi connectivity index (χ3n) is 5.63. The number of hydrogen-bond acceptors (Lipinski definition) is 4. The minimum Gasteiger partial charge on any atom is -0.461 e. The minimum absolute atomic E-state index is 0.512. The predicted molar refractivity (Wildman–Crippen MR) is 146 cm³/mol. The normalized spacial score (nSPS) is 11.4. The van der Waals surface area contributed by atoms with E-state index in [1.165, 1.54) is 15.9 Å². The van der Waals surface area contributed by atoms with Crippen LogP contribution >= 0.6 is 7.26 Å². The number of oxazole rings is 1. The van der Waals surface area contributed by atoms with Gasteiger partial charge in [-0.25, -0.2) is 0 Å². The van der Waals surface area contributed by atoms with Gasteiger partial charge in [0, 0.05) is 13.1 Å². The second-order valence-electron chi connectivity index (χ2n) is 7.89. The molecule has 10 heteroatoms. The first kappa shape index (κ1) is 28.3. The van der Waals surface area contributed by atoms with Crippen LogP contribution in [0, 0.1) is 0 Å². The van der Waals surface area contributed by atoms with Crippen LogP contribution in [0.3, 0.4) is 0 Å². The molecule has 0 fully saturated rings. The number of hydrogen-bond donors (Lipinski definition) is 0. The molecule has 0 spiro atoms. The lowest BCUT2D eigenvalue weighted by atomic mass is 10.3. The Balaban J connectivity index is 0.000000695. The number of rotatable bonds is 9. The van der Waals surface area contributed by atoms with Gasteiger partial charge in [-0.3, -0.25) is 0 Å². The molecule has 0 aliphatic rings. The van der Waals surface area contributed by atoms with Crippen molar-refractivity contribution >= 4 is 41.9 Å². The molecule has 0 atom stereocenters. The summed E-state index contributed by atoms with van der Waals surface area (Å²) in [6.45, 7) is 8.35. The zero-order valence-corrected chi connectivity index (χ0v) is 21.9. The van der Waals surface area contributed by atoms with Crippen LogP contribution in [0.4, 0.5) is 23.3 Å². The maximum Gasteiger partial charge on any atom is 0.673 e. The molecule has 1 aromatic heterocycles. The van der Waals surface area contributed by atoms with Crippen molar-refractivity contribution < 1.29 is 26.4 Å². The van der Waals surface area contributed by atoms with Gasteiger partial charge in [-0.05, 0) is 57.2 Å². The third-order valence-corrected chi connectivity index (χ3v) is 9.76. The van der Waals surface area contributed by atoms with Crippen LogP contribution in [0.15, 0.2) is 95.4 Å². The highest BCUT2D eigenvalue weighted by Gasteiger charge is 2.53. The van der Waals surface area contributed by atoms with Crippen molar-refractivity contribution in [2.45, 2.75) is 20.8 Å². The largest absolute Gasteiger partial charge is 0.673 e. The Labute approximate surface area is 215 Å². The Hall–Kier alpha value is -3.32. The number of anilines is 1. The highest BCUT2D eigenvalue weighted by atomic mass is 31.2. The van der Waals surface area contributed by atoms with Gasteiger partial charge >= 0.3 is 19.2 Å². The number of halogens is 4. The highest BCUT2D eigenvalue weighted by molar-refractivity contribution is 8.01. The molecule has 37 heavy (non-hydrogen) atoms. The van der Waals surface area contributed by atoms with E-state index in [0.717, 1.165) is 18.5 Å². The Morgan fingerprint density at radius 2 is 1.11 bits per heavy atom. The van der Waals surface area contributed by atoms with Gasteiger partial charge in [0.05, 0.1) is 6.61 Å². The molecule has 0 bridgehead atoms. The number of benzene rings is 3. The number of ether oxygens (including phenoxy) is 1. The Morgan fingerprint density at radius 1 is 0.730 bits per heavy atom. The summed E-state index contributed by atoms with van der Waals surface area (Å²) < 4.78 is 51.4. The van der Waals surface area contributed by atoms with Gasteiger partial charge in [0.25, 0.3) is 5.44 Å². The molecular weight excluding hydrogens is 502 g/mol. The van der Waals surface area contributed by atoms with Crippen LogP contribution in [-0.2, 0) is 0 Å². The SMILES string of the molecule is CCOc1oc(N(CC)CC)nc1[P+](c1ccccc1)(c1ccccc1)c1ccccc1.F[B-](F)(F)F. The molecule has 0 amide bonds. The summed E-state index contributed by atoms with van der Waals surface area (Å²) in [5, 5.41) is 3.66. The van der Waals surface area contributed by atoms with Crippen molar-refractivity contribution in [3.8, 4) is 5.95 Å². The summed E-state index contributed by atoms with van der Waals surface area (Å²) in [5.41, 5.74) is 0.879. The van der Waals surface area contributed by atoms with Crippen LogP contribution in [-0.4, -0.2) is 31.9 Å². The fourth-order valence-corrected chi connectivity index (χ4v) is 8.23. The molecule has 4 nitrogen and oxygen atoms in total. The first-order valence-corrected chi connectivity index (χ1v) is 13.9. The zero-order valence-electron chi connectivity index (χ0n) is 21.0. The quantitative estimate of drug-likeness (QED) is 0.154. The van der Waals surface area contributed by atoms with E-state index in [0.29, 0.717) is 18.6 Å². The molecule has 1 heterocycles. The maximum absolute atomic E-state index is 9.75. The predicted octanol–water partition coefficient (Wildman–Crippen LogP) is 5.84. The lowest BCUT2D eigenvalue weighted by Crippen LogP contribution is -2.40. The first-order valence-electron chi connectivity index (χ1n) is 12.1. The fraction of sp³-hybridized carbons (Fsp3) is 0.222. The van der Waals surface area contributed by atoms with Crippen LogP contribution < -0.4 is 31.0 Å². The second kappa shape index (κ2) is 12.8. The number of nitrogens with zero attached hydrogens (tertiary/aromatic N) is 2. The van der Waals surface area contributed by atoms with Crippen molar-refractivity contribution in [3.05, 3.63) is 91.0 Å². The molecule has 3 aromatic carbocycles. The summed E-state index contributed by atoms with van der Waals surface area (Å²) in [5.74, 6) is 0.513. The van der Waals surface area contributed by atoms with Crippen molar-refractivity contribution in [2.75, 3.05) is 24.6 Å². The van der Waals surface area contributed by atoms with Crippen molar-refractivity contribution in [1.29, 1.82) is 0 Å². The van der Waals surface area contributed by atoms with Crippen molar-refractivity contribution in [1.82, 2.24) is 4.98 Å². The van der Waals surface area contributed by atoms with E-state index in [1.807, 2.05) is 6.92 Å². The van der Waals surface area contributed by atoms with E-state index in [9.17, 15) is 17.3 Å². The van der Waals surface area contributed by atoms with Crippen LogP contribution in [0.1, 0.15) is 20.8 Å². The van der Waals surface area contributed by atoms with E-state index in [2.05, 4.69) is 110 Å². The van der Waals surface area contributed by atoms with Gasteiger partial charge in [-0.2, -0.15) is 4.98 Å². The molecule has 0 unspecified atom stereocenters. The Kier molecular flexibility index (Phi) is 9.76. The highest BCUT2D eigenvalue weighted by Crippen LogP contribution is 2.56. The Morgan fingerprint density at radius 3 is 1.43 bits per heavy atom. The molecule has 4 aromatic rings. The van der Waals surface area contributed by atoms with E-state index < -0.39 is 14.5 Å². The summed E-state index contributed by atoms with van der Waals surface area (Å²) >= 11 is 0. The smallest absolute Gasteiger partial charge is 0.461 e. The first-order chi connectivity index (χ1) is 17.7. The van der Waals surface area contributed by atoms with Crippen LogP contribution in [0.2, 0.25) is 0 Å². The summed E-state index contributed by atoms with van der Waals surface area (Å²) in [7, 11) is -8.37. The molecule has 4 rings (SSSR count). The van der Waals surface area contributed by atoms with Gasteiger partial charge in [0.2, 0.25) is 0 Å². The van der Waals surface area contributed by atoms with Crippen LogP contribution in [0.25, 0.3) is 0 Å². The minimum atomic E-state index is -6.00. The standard InChI is InChI=1S/C27H30N2O2P.BF4/c1-4-29(5-2)27-28-25(26(31-27)30-6-3)32(22-16-10-7-11-17-22,23-18-12-8-13-19-23)24-20-14-9-15-21-24;2-1(3,4)5/h7-21H,4-6H2,1-3H3;/q+1;-1. The molecule has 0 aliphatic heterocycles. The number of aromatic nitrogens is 1. The maximum atomic E-state index is 9.75. The van der Waals surface area contributed by atoms with Gasteiger partial charge in [-0.1, -0.05) is 54.6 Å². The van der Waals surface area contributed by atoms with Crippen molar-refractivity contribution in [2.24, 2.45) is 0 Å². The van der Waals surface area contributed by atoms with E-state index in [4.69, 9.17) is 14.1 Å².